The molecule has 11 heteroatoms. The maximum atomic E-state index is 13.2. The first-order valence-electron chi connectivity index (χ1n) is 9.04. The van der Waals surface area contributed by atoms with Gasteiger partial charge in [-0.1, -0.05) is 17.7 Å². The third-order valence-corrected chi connectivity index (χ3v) is 5.29. The van der Waals surface area contributed by atoms with E-state index in [2.05, 4.69) is 20.3 Å². The second-order valence-corrected chi connectivity index (χ2v) is 7.61. The normalized spacial score (nSPS) is 15.9. The maximum absolute atomic E-state index is 13.2. The van der Waals surface area contributed by atoms with E-state index in [-0.39, 0.29) is 21.7 Å². The number of carbonyl (C=O) groups excluding carboxylic acids is 2. The van der Waals surface area contributed by atoms with Crippen molar-refractivity contribution in [1.29, 1.82) is 0 Å². The summed E-state index contributed by atoms with van der Waals surface area (Å²) in [6.07, 6.45) is 2.53. The van der Waals surface area contributed by atoms with Crippen molar-refractivity contribution in [2.24, 2.45) is 10.2 Å². The Kier molecular flexibility index (Phi) is 7.85. The molecule has 8 nitrogen and oxygen atoms in total. The molecular weight excluding hydrogens is 461 g/mol. The van der Waals surface area contributed by atoms with Gasteiger partial charge in [-0.25, -0.2) is 9.18 Å². The Labute approximate surface area is 192 Å². The van der Waals surface area contributed by atoms with Crippen LogP contribution >= 0.6 is 23.4 Å². The standard InChI is InChI=1S/C21H17ClFN3O5S/c1-29-16-6-3-12(7-17(16)31-11-13-4-5-14(23)8-15(13)22)10-24-26-21-25-20(28)18(32-21)9-19(27)30-2/h3-10H,11H2,1-2H3,(H,25,26,28)/b18-9+,24-10?. The molecule has 0 radical (unpaired) electrons. The van der Waals surface area contributed by atoms with Crippen LogP contribution in [0, 0.1) is 5.82 Å². The summed E-state index contributed by atoms with van der Waals surface area (Å²) in [5.74, 6) is -0.617. The number of amidine groups is 1. The average Bonchev–Trinajstić information content (AvgIpc) is 3.12. The van der Waals surface area contributed by atoms with E-state index in [1.54, 1.807) is 24.3 Å². The number of thioether (sulfide) groups is 1. The molecule has 166 valence electrons. The molecule has 0 spiro atoms. The van der Waals surface area contributed by atoms with Gasteiger partial charge in [0.25, 0.3) is 5.91 Å². The number of carbonyl (C=O) groups is 2. The highest BCUT2D eigenvalue weighted by atomic mass is 35.5. The molecule has 32 heavy (non-hydrogen) atoms. The van der Waals surface area contributed by atoms with Gasteiger partial charge in [-0.05, 0) is 47.7 Å². The summed E-state index contributed by atoms with van der Waals surface area (Å²) < 4.78 is 28.8. The van der Waals surface area contributed by atoms with Gasteiger partial charge in [-0.15, -0.1) is 5.10 Å². The molecule has 0 atom stereocenters. The first-order chi connectivity index (χ1) is 15.4. The maximum Gasteiger partial charge on any atom is 0.331 e. The minimum Gasteiger partial charge on any atom is -0.493 e. The number of esters is 1. The lowest BCUT2D eigenvalue weighted by Gasteiger charge is -2.12. The van der Waals surface area contributed by atoms with Gasteiger partial charge < -0.3 is 14.2 Å². The molecule has 1 aliphatic heterocycles. The van der Waals surface area contributed by atoms with E-state index in [0.29, 0.717) is 22.6 Å². The van der Waals surface area contributed by atoms with Gasteiger partial charge in [0.05, 0.1) is 30.4 Å². The van der Waals surface area contributed by atoms with E-state index in [9.17, 15) is 14.0 Å². The van der Waals surface area contributed by atoms with Crippen LogP contribution in [0.15, 0.2) is 57.6 Å². The number of nitrogens with one attached hydrogen (secondary N) is 1. The van der Waals surface area contributed by atoms with Crippen LogP contribution in [0.5, 0.6) is 11.5 Å². The summed E-state index contributed by atoms with van der Waals surface area (Å²) >= 11 is 7.01. The van der Waals surface area contributed by atoms with E-state index in [4.69, 9.17) is 21.1 Å². The summed E-state index contributed by atoms with van der Waals surface area (Å²) in [4.78, 5) is 23.2. The van der Waals surface area contributed by atoms with Crippen LogP contribution in [0.3, 0.4) is 0 Å². The lowest BCUT2D eigenvalue weighted by Crippen LogP contribution is -2.19. The van der Waals surface area contributed by atoms with Crippen LogP contribution in [-0.4, -0.2) is 37.5 Å². The molecule has 1 saturated heterocycles. The summed E-state index contributed by atoms with van der Waals surface area (Å²) in [6.45, 7) is 0.107. The SMILES string of the molecule is COC(=O)/C=C1/S/C(=N\N=Cc2ccc(OC)c(OCc3ccc(F)cc3Cl)c2)NC1=O. The first kappa shape index (κ1) is 23.3. The fourth-order valence-corrected chi connectivity index (χ4v) is 3.43. The van der Waals surface area contributed by atoms with E-state index in [1.165, 1.54) is 32.6 Å². The lowest BCUT2D eigenvalue weighted by atomic mass is 10.2. The van der Waals surface area contributed by atoms with Crippen molar-refractivity contribution in [2.75, 3.05) is 14.2 Å². The van der Waals surface area contributed by atoms with Crippen molar-refractivity contribution in [3.63, 3.8) is 0 Å². The predicted molar refractivity (Wildman–Crippen MR) is 120 cm³/mol. The number of ether oxygens (including phenoxy) is 3. The second-order valence-electron chi connectivity index (χ2n) is 6.17. The summed E-state index contributed by atoms with van der Waals surface area (Å²) in [6, 6.07) is 9.18. The predicted octanol–water partition coefficient (Wildman–Crippen LogP) is 3.68. The van der Waals surface area contributed by atoms with Crippen molar-refractivity contribution < 1.29 is 28.2 Å². The third-order valence-electron chi connectivity index (χ3n) is 4.04. The van der Waals surface area contributed by atoms with Crippen LogP contribution in [0.2, 0.25) is 5.02 Å². The van der Waals surface area contributed by atoms with Gasteiger partial charge >= 0.3 is 5.97 Å². The van der Waals surface area contributed by atoms with E-state index >= 15 is 0 Å². The van der Waals surface area contributed by atoms with E-state index in [0.717, 1.165) is 17.8 Å². The quantitative estimate of drug-likeness (QED) is 0.283. The van der Waals surface area contributed by atoms with Crippen LogP contribution in [-0.2, 0) is 20.9 Å². The van der Waals surface area contributed by atoms with Crippen LogP contribution < -0.4 is 14.8 Å². The number of methoxy groups -OCH3 is 2. The van der Waals surface area contributed by atoms with Gasteiger partial charge in [0.2, 0.25) is 0 Å². The Morgan fingerprint density at radius 3 is 2.75 bits per heavy atom. The molecule has 0 aliphatic carbocycles. The molecule has 2 aromatic carbocycles. The molecule has 0 bridgehead atoms. The Hall–Kier alpha value is -3.37. The topological polar surface area (TPSA) is 98.6 Å². The van der Waals surface area contributed by atoms with Gasteiger partial charge in [0.1, 0.15) is 12.4 Å². The van der Waals surface area contributed by atoms with Gasteiger partial charge in [0.15, 0.2) is 16.7 Å². The zero-order chi connectivity index (χ0) is 23.1. The zero-order valence-corrected chi connectivity index (χ0v) is 18.5. The number of hydrogen-bond acceptors (Lipinski definition) is 8. The molecule has 1 amide bonds. The second kappa shape index (κ2) is 10.8. The van der Waals surface area contributed by atoms with Crippen LogP contribution in [0.25, 0.3) is 0 Å². The molecule has 0 aromatic heterocycles. The smallest absolute Gasteiger partial charge is 0.331 e. The van der Waals surface area contributed by atoms with Crippen molar-refractivity contribution in [3.05, 3.63) is 69.3 Å². The van der Waals surface area contributed by atoms with Crippen LogP contribution in [0.4, 0.5) is 4.39 Å². The molecule has 3 rings (SSSR count). The highest BCUT2D eigenvalue weighted by Crippen LogP contribution is 2.29. The van der Waals surface area contributed by atoms with Gasteiger partial charge in [-0.2, -0.15) is 5.10 Å². The third kappa shape index (κ3) is 6.08. The fourth-order valence-electron chi connectivity index (χ4n) is 2.47. The van der Waals surface area contributed by atoms with E-state index in [1.807, 2.05) is 0 Å². The monoisotopic (exact) mass is 477 g/mol. The molecule has 0 unspecified atom stereocenters. The molecule has 1 heterocycles. The number of amides is 1. The minimum atomic E-state index is -0.639. The number of halogens is 2. The molecule has 1 N–H and O–H groups in total. The Morgan fingerprint density at radius 1 is 1.22 bits per heavy atom. The van der Waals surface area contributed by atoms with Crippen LogP contribution in [0.1, 0.15) is 11.1 Å². The van der Waals surface area contributed by atoms with Gasteiger partial charge in [0, 0.05) is 11.6 Å². The summed E-state index contributed by atoms with van der Waals surface area (Å²) in [5, 5.41) is 10.9. The molecule has 0 saturated carbocycles. The lowest BCUT2D eigenvalue weighted by molar-refractivity contribution is -0.135. The van der Waals surface area contributed by atoms with Crippen molar-refractivity contribution in [3.8, 4) is 11.5 Å². The Bertz CT molecular complexity index is 1140. The zero-order valence-electron chi connectivity index (χ0n) is 16.9. The van der Waals surface area contributed by atoms with Crippen molar-refractivity contribution in [1.82, 2.24) is 5.32 Å². The average molecular weight is 478 g/mol. The summed E-state index contributed by atoms with van der Waals surface area (Å²) in [5.41, 5.74) is 1.26. The highest BCUT2D eigenvalue weighted by Gasteiger charge is 2.25. The molecule has 1 aliphatic rings. The van der Waals surface area contributed by atoms with Crippen molar-refractivity contribution >= 4 is 46.6 Å². The Morgan fingerprint density at radius 2 is 2.03 bits per heavy atom. The number of rotatable bonds is 7. The molecule has 2 aromatic rings. The van der Waals surface area contributed by atoms with Crippen molar-refractivity contribution in [2.45, 2.75) is 6.61 Å². The highest BCUT2D eigenvalue weighted by molar-refractivity contribution is 8.18. The van der Waals surface area contributed by atoms with Gasteiger partial charge in [-0.3, -0.25) is 10.1 Å². The molecule has 1 fully saturated rings. The fraction of sp³-hybridized carbons (Fsp3) is 0.143. The minimum absolute atomic E-state index is 0.107. The van der Waals surface area contributed by atoms with E-state index < -0.39 is 17.7 Å². The Balaban J connectivity index is 1.70. The largest absolute Gasteiger partial charge is 0.493 e. The number of benzene rings is 2. The number of nitrogens with zero attached hydrogens (tertiary/aromatic N) is 2. The molecular formula is C21H17ClFN3O5S. The first-order valence-corrected chi connectivity index (χ1v) is 10.2. The summed E-state index contributed by atoms with van der Waals surface area (Å²) in [7, 11) is 2.73. The number of hydrogen-bond donors (Lipinski definition) is 1.